The number of nitrogens with zero attached hydrogens (tertiary/aromatic N) is 2. The van der Waals surface area contributed by atoms with E-state index in [4.69, 9.17) is 4.74 Å². The van der Waals surface area contributed by atoms with Crippen molar-refractivity contribution in [3.8, 4) is 11.4 Å². The van der Waals surface area contributed by atoms with Crippen LogP contribution in [0.15, 0.2) is 67.3 Å². The number of benzene rings is 2. The van der Waals surface area contributed by atoms with Gasteiger partial charge < -0.3 is 14.6 Å². The van der Waals surface area contributed by atoms with Crippen LogP contribution in [-0.4, -0.2) is 22.6 Å². The Morgan fingerprint density at radius 1 is 1.13 bits per heavy atom. The first-order valence-corrected chi connectivity index (χ1v) is 7.26. The predicted molar refractivity (Wildman–Crippen MR) is 87.7 cm³/mol. The van der Waals surface area contributed by atoms with Gasteiger partial charge in [-0.15, -0.1) is 0 Å². The van der Waals surface area contributed by atoms with Crippen molar-refractivity contribution < 1.29 is 9.53 Å². The highest BCUT2D eigenvalue weighted by Gasteiger charge is 2.05. The maximum absolute atomic E-state index is 12.1. The number of imidazole rings is 1. The molecule has 3 rings (SSSR count). The third-order valence-corrected chi connectivity index (χ3v) is 3.54. The monoisotopic (exact) mass is 307 g/mol. The number of aromatic nitrogens is 2. The van der Waals surface area contributed by atoms with Crippen LogP contribution in [0.2, 0.25) is 0 Å². The molecule has 2 aromatic carbocycles. The largest absolute Gasteiger partial charge is 0.497 e. The van der Waals surface area contributed by atoms with Gasteiger partial charge in [-0.2, -0.15) is 0 Å². The average molecular weight is 307 g/mol. The van der Waals surface area contributed by atoms with E-state index < -0.39 is 0 Å². The minimum Gasteiger partial charge on any atom is -0.497 e. The van der Waals surface area contributed by atoms with E-state index >= 15 is 0 Å². The van der Waals surface area contributed by atoms with E-state index in [1.165, 1.54) is 0 Å². The zero-order valence-corrected chi connectivity index (χ0v) is 12.8. The molecular formula is C18H17N3O2. The number of methoxy groups -OCH3 is 1. The lowest BCUT2D eigenvalue weighted by molar-refractivity contribution is 0.0951. The van der Waals surface area contributed by atoms with Gasteiger partial charge >= 0.3 is 0 Å². The summed E-state index contributed by atoms with van der Waals surface area (Å²) in [5.41, 5.74) is 2.68. The van der Waals surface area contributed by atoms with Crippen molar-refractivity contribution in [1.29, 1.82) is 0 Å². The van der Waals surface area contributed by atoms with Gasteiger partial charge in [-0.25, -0.2) is 4.98 Å². The van der Waals surface area contributed by atoms with Crippen LogP contribution in [0.4, 0.5) is 0 Å². The molecule has 23 heavy (non-hydrogen) atoms. The molecule has 0 saturated carbocycles. The van der Waals surface area contributed by atoms with E-state index in [1.807, 2.05) is 35.0 Å². The lowest BCUT2D eigenvalue weighted by Crippen LogP contribution is -2.22. The van der Waals surface area contributed by atoms with Crippen molar-refractivity contribution in [2.75, 3.05) is 7.11 Å². The Labute approximate surface area is 134 Å². The third kappa shape index (κ3) is 3.58. The van der Waals surface area contributed by atoms with Crippen molar-refractivity contribution in [3.63, 3.8) is 0 Å². The van der Waals surface area contributed by atoms with Crippen LogP contribution in [0.25, 0.3) is 5.69 Å². The molecule has 1 N–H and O–H groups in total. The van der Waals surface area contributed by atoms with Gasteiger partial charge in [-0.05, 0) is 42.0 Å². The Kier molecular flexibility index (Phi) is 4.38. The van der Waals surface area contributed by atoms with Gasteiger partial charge in [0.2, 0.25) is 0 Å². The normalized spacial score (nSPS) is 10.3. The number of hydrogen-bond acceptors (Lipinski definition) is 3. The molecule has 116 valence electrons. The van der Waals surface area contributed by atoms with Gasteiger partial charge in [-0.1, -0.05) is 12.1 Å². The van der Waals surface area contributed by atoms with Crippen molar-refractivity contribution in [2.45, 2.75) is 6.54 Å². The zero-order valence-electron chi connectivity index (χ0n) is 12.8. The molecule has 5 nitrogen and oxygen atoms in total. The molecule has 0 saturated heterocycles. The molecule has 0 radical (unpaired) electrons. The number of rotatable bonds is 5. The zero-order chi connectivity index (χ0) is 16.1. The molecule has 1 aromatic heterocycles. The van der Waals surface area contributed by atoms with Gasteiger partial charge in [0, 0.05) is 30.2 Å². The highest BCUT2D eigenvalue weighted by molar-refractivity contribution is 5.94. The molecule has 0 unspecified atom stereocenters. The van der Waals surface area contributed by atoms with E-state index in [0.29, 0.717) is 12.1 Å². The second-order valence-electron chi connectivity index (χ2n) is 5.05. The van der Waals surface area contributed by atoms with E-state index in [-0.39, 0.29) is 5.91 Å². The van der Waals surface area contributed by atoms with Gasteiger partial charge in [0.15, 0.2) is 0 Å². The summed E-state index contributed by atoms with van der Waals surface area (Å²) in [4.78, 5) is 16.1. The third-order valence-electron chi connectivity index (χ3n) is 3.54. The van der Waals surface area contributed by atoms with E-state index in [9.17, 15) is 4.79 Å². The van der Waals surface area contributed by atoms with Crippen molar-refractivity contribution in [1.82, 2.24) is 14.9 Å². The lowest BCUT2D eigenvalue weighted by atomic mass is 10.1. The van der Waals surface area contributed by atoms with Crippen LogP contribution < -0.4 is 10.1 Å². The second kappa shape index (κ2) is 6.79. The van der Waals surface area contributed by atoms with Crippen LogP contribution in [0, 0.1) is 0 Å². The Morgan fingerprint density at radius 3 is 2.48 bits per heavy atom. The first kappa shape index (κ1) is 14.8. The number of hydrogen-bond donors (Lipinski definition) is 1. The van der Waals surface area contributed by atoms with Gasteiger partial charge in [-0.3, -0.25) is 4.79 Å². The summed E-state index contributed by atoms with van der Waals surface area (Å²) in [5.74, 6) is 0.628. The van der Waals surface area contributed by atoms with Crippen LogP contribution in [0.3, 0.4) is 0 Å². The molecule has 0 aliphatic rings. The topological polar surface area (TPSA) is 56.1 Å². The van der Waals surface area contributed by atoms with Crippen LogP contribution in [0.5, 0.6) is 5.75 Å². The molecule has 0 bridgehead atoms. The smallest absolute Gasteiger partial charge is 0.251 e. The quantitative estimate of drug-likeness (QED) is 0.788. The highest BCUT2D eigenvalue weighted by Crippen LogP contribution is 2.12. The minimum absolute atomic E-state index is 0.105. The van der Waals surface area contributed by atoms with Crippen LogP contribution in [-0.2, 0) is 6.54 Å². The van der Waals surface area contributed by atoms with Gasteiger partial charge in [0.05, 0.1) is 13.4 Å². The fourth-order valence-electron chi connectivity index (χ4n) is 2.22. The molecule has 0 aliphatic carbocycles. The Hall–Kier alpha value is -3.08. The predicted octanol–water partition coefficient (Wildman–Crippen LogP) is 2.81. The SMILES string of the molecule is COc1ccc(C(=O)NCc2ccc(-n3ccnc3)cc2)cc1. The first-order chi connectivity index (χ1) is 11.3. The number of nitrogens with one attached hydrogen (secondary N) is 1. The Balaban J connectivity index is 1.60. The number of carbonyl (C=O) groups excluding carboxylic acids is 1. The maximum Gasteiger partial charge on any atom is 0.251 e. The van der Waals surface area contributed by atoms with Gasteiger partial charge in [0.1, 0.15) is 5.75 Å². The second-order valence-corrected chi connectivity index (χ2v) is 5.05. The molecule has 0 atom stereocenters. The molecule has 0 aliphatic heterocycles. The molecule has 3 aromatic rings. The van der Waals surface area contributed by atoms with E-state index in [1.54, 1.807) is 43.9 Å². The summed E-state index contributed by atoms with van der Waals surface area (Å²) >= 11 is 0. The van der Waals surface area contributed by atoms with Crippen molar-refractivity contribution in [3.05, 3.63) is 78.4 Å². The van der Waals surface area contributed by atoms with Gasteiger partial charge in [0.25, 0.3) is 5.91 Å². The first-order valence-electron chi connectivity index (χ1n) is 7.26. The molecule has 1 amide bonds. The lowest BCUT2D eigenvalue weighted by Gasteiger charge is -2.07. The number of carbonyl (C=O) groups is 1. The Bertz CT molecular complexity index is 763. The standard InChI is InChI=1S/C18H17N3O2/c1-23-17-8-4-15(5-9-17)18(22)20-12-14-2-6-16(7-3-14)21-11-10-19-13-21/h2-11,13H,12H2,1H3,(H,20,22). The summed E-state index contributed by atoms with van der Waals surface area (Å²) < 4.78 is 7.01. The van der Waals surface area contributed by atoms with E-state index in [2.05, 4.69) is 10.3 Å². The summed E-state index contributed by atoms with van der Waals surface area (Å²) in [6, 6.07) is 15.0. The summed E-state index contributed by atoms with van der Waals surface area (Å²) in [6.45, 7) is 0.481. The molecule has 0 spiro atoms. The fraction of sp³-hybridized carbons (Fsp3) is 0.111. The van der Waals surface area contributed by atoms with Crippen molar-refractivity contribution in [2.24, 2.45) is 0 Å². The maximum atomic E-state index is 12.1. The van der Waals surface area contributed by atoms with E-state index in [0.717, 1.165) is 17.0 Å². The summed E-state index contributed by atoms with van der Waals surface area (Å²) in [5, 5.41) is 2.91. The summed E-state index contributed by atoms with van der Waals surface area (Å²) in [6.07, 6.45) is 5.38. The number of ether oxygens (including phenoxy) is 1. The molecule has 5 heteroatoms. The highest BCUT2D eigenvalue weighted by atomic mass is 16.5. The van der Waals surface area contributed by atoms with Crippen LogP contribution >= 0.6 is 0 Å². The average Bonchev–Trinajstić information content (AvgIpc) is 3.15. The summed E-state index contributed by atoms with van der Waals surface area (Å²) in [7, 11) is 1.60. The van der Waals surface area contributed by atoms with Crippen LogP contribution in [0.1, 0.15) is 15.9 Å². The molecular weight excluding hydrogens is 290 g/mol. The number of amides is 1. The Morgan fingerprint density at radius 2 is 1.87 bits per heavy atom. The minimum atomic E-state index is -0.105. The fourth-order valence-corrected chi connectivity index (χ4v) is 2.22. The molecule has 0 fully saturated rings. The molecule has 1 heterocycles. The van der Waals surface area contributed by atoms with Crippen molar-refractivity contribution >= 4 is 5.91 Å².